The van der Waals surface area contributed by atoms with Gasteiger partial charge in [0.1, 0.15) is 5.75 Å². The number of carboxylic acids is 1. The van der Waals surface area contributed by atoms with E-state index in [2.05, 4.69) is 12.1 Å². The summed E-state index contributed by atoms with van der Waals surface area (Å²) in [6, 6.07) is 14.1. The molecule has 1 fully saturated rings. The topological polar surface area (TPSA) is 46.5 Å². The Balaban J connectivity index is 1.73. The van der Waals surface area contributed by atoms with Crippen molar-refractivity contribution in [1.82, 2.24) is 0 Å². The number of ether oxygens (including phenoxy) is 1. The highest BCUT2D eigenvalue weighted by Crippen LogP contribution is 2.30. The number of benzene rings is 2. The summed E-state index contributed by atoms with van der Waals surface area (Å²) in [4.78, 5) is 10.9. The third-order valence-corrected chi connectivity index (χ3v) is 3.76. The average molecular weight is 256 g/mol. The highest BCUT2D eigenvalue weighted by atomic mass is 16.5. The van der Waals surface area contributed by atoms with Crippen LogP contribution in [0, 0.1) is 5.92 Å². The van der Waals surface area contributed by atoms with Crippen LogP contribution in [0.15, 0.2) is 42.5 Å². The number of aliphatic carboxylic acids is 1. The second kappa shape index (κ2) is 4.92. The second-order valence-corrected chi connectivity index (χ2v) is 5.10. The van der Waals surface area contributed by atoms with Gasteiger partial charge in [-0.3, -0.25) is 4.79 Å². The van der Waals surface area contributed by atoms with Crippen LogP contribution in [-0.2, 0) is 4.79 Å². The van der Waals surface area contributed by atoms with Crippen LogP contribution in [0.4, 0.5) is 0 Å². The van der Waals surface area contributed by atoms with Crippen LogP contribution in [-0.4, -0.2) is 17.2 Å². The highest BCUT2D eigenvalue weighted by molar-refractivity contribution is 5.83. The lowest BCUT2D eigenvalue weighted by Gasteiger charge is -2.14. The van der Waals surface area contributed by atoms with Gasteiger partial charge in [-0.25, -0.2) is 0 Å². The Morgan fingerprint density at radius 2 is 1.89 bits per heavy atom. The van der Waals surface area contributed by atoms with Gasteiger partial charge in [0.2, 0.25) is 0 Å². The Kier molecular flexibility index (Phi) is 3.11. The maximum absolute atomic E-state index is 10.9. The van der Waals surface area contributed by atoms with Crippen LogP contribution in [0.3, 0.4) is 0 Å². The molecule has 0 aromatic heterocycles. The van der Waals surface area contributed by atoms with Crippen molar-refractivity contribution in [2.45, 2.75) is 25.4 Å². The van der Waals surface area contributed by atoms with Gasteiger partial charge in [-0.15, -0.1) is 0 Å². The molecule has 98 valence electrons. The van der Waals surface area contributed by atoms with Gasteiger partial charge in [0.15, 0.2) is 0 Å². The molecule has 2 atom stereocenters. The molecule has 1 aliphatic rings. The first-order valence-electron chi connectivity index (χ1n) is 6.60. The minimum Gasteiger partial charge on any atom is -0.490 e. The van der Waals surface area contributed by atoms with Crippen molar-refractivity contribution in [2.24, 2.45) is 5.92 Å². The Labute approximate surface area is 111 Å². The van der Waals surface area contributed by atoms with Gasteiger partial charge in [0, 0.05) is 0 Å². The van der Waals surface area contributed by atoms with E-state index in [1.54, 1.807) is 0 Å². The predicted molar refractivity (Wildman–Crippen MR) is 73.3 cm³/mol. The smallest absolute Gasteiger partial charge is 0.306 e. The van der Waals surface area contributed by atoms with Gasteiger partial charge in [0.05, 0.1) is 12.0 Å². The molecule has 0 heterocycles. The summed E-state index contributed by atoms with van der Waals surface area (Å²) in [5.41, 5.74) is 0. The number of carboxylic acid groups (broad SMARTS) is 1. The fraction of sp³-hybridized carbons (Fsp3) is 0.312. The summed E-state index contributed by atoms with van der Waals surface area (Å²) in [5, 5.41) is 11.3. The number of hydrogen-bond acceptors (Lipinski definition) is 2. The molecule has 1 N–H and O–H groups in total. The predicted octanol–water partition coefficient (Wildman–Crippen LogP) is 3.47. The molecule has 0 spiro atoms. The van der Waals surface area contributed by atoms with Crippen molar-refractivity contribution >= 4 is 16.7 Å². The maximum atomic E-state index is 10.9. The third-order valence-electron chi connectivity index (χ3n) is 3.76. The fourth-order valence-electron chi connectivity index (χ4n) is 2.70. The lowest BCUT2D eigenvalue weighted by molar-refractivity contribution is -0.141. The maximum Gasteiger partial charge on any atom is 0.306 e. The molecule has 0 saturated heterocycles. The van der Waals surface area contributed by atoms with Gasteiger partial charge >= 0.3 is 5.97 Å². The standard InChI is InChI=1S/C16H16O3/c17-16(18)13-6-8-15(10-13)19-14-7-5-11-3-1-2-4-12(11)9-14/h1-5,7,9,13,15H,6,8,10H2,(H,17,18). The quantitative estimate of drug-likeness (QED) is 0.914. The van der Waals surface area contributed by atoms with E-state index in [1.165, 1.54) is 5.39 Å². The highest BCUT2D eigenvalue weighted by Gasteiger charge is 2.30. The lowest BCUT2D eigenvalue weighted by atomic mass is 10.1. The lowest BCUT2D eigenvalue weighted by Crippen LogP contribution is -2.15. The minimum absolute atomic E-state index is 0.0299. The Hall–Kier alpha value is -2.03. The summed E-state index contributed by atoms with van der Waals surface area (Å²) in [6.45, 7) is 0. The van der Waals surface area contributed by atoms with E-state index < -0.39 is 5.97 Å². The Bertz CT molecular complexity index is 606. The summed E-state index contributed by atoms with van der Waals surface area (Å²) in [5.74, 6) is -0.121. The first kappa shape index (κ1) is 12.0. The van der Waals surface area contributed by atoms with Gasteiger partial charge in [-0.1, -0.05) is 30.3 Å². The molecule has 1 aliphatic carbocycles. The molecule has 3 heteroatoms. The molecule has 0 bridgehead atoms. The largest absolute Gasteiger partial charge is 0.490 e. The summed E-state index contributed by atoms with van der Waals surface area (Å²) >= 11 is 0. The zero-order valence-corrected chi connectivity index (χ0v) is 10.6. The minimum atomic E-state index is -0.704. The van der Waals surface area contributed by atoms with Crippen molar-refractivity contribution < 1.29 is 14.6 Å². The van der Waals surface area contributed by atoms with Crippen molar-refractivity contribution in [3.05, 3.63) is 42.5 Å². The average Bonchev–Trinajstić information content (AvgIpc) is 2.87. The number of fused-ring (bicyclic) bond motifs is 1. The zero-order chi connectivity index (χ0) is 13.2. The molecule has 0 aliphatic heterocycles. The van der Waals surface area contributed by atoms with E-state index in [1.807, 2.05) is 30.3 Å². The molecule has 3 nitrogen and oxygen atoms in total. The van der Waals surface area contributed by atoms with E-state index in [9.17, 15) is 4.79 Å². The molecular weight excluding hydrogens is 240 g/mol. The summed E-state index contributed by atoms with van der Waals surface area (Å²) < 4.78 is 5.90. The molecule has 2 unspecified atom stereocenters. The molecule has 2 aromatic carbocycles. The number of rotatable bonds is 3. The molecule has 1 saturated carbocycles. The SMILES string of the molecule is O=C(O)C1CCC(Oc2ccc3ccccc3c2)C1. The third kappa shape index (κ3) is 2.55. The molecular formula is C16H16O3. The monoisotopic (exact) mass is 256 g/mol. The normalized spacial score (nSPS) is 22.5. The zero-order valence-electron chi connectivity index (χ0n) is 10.6. The summed E-state index contributed by atoms with van der Waals surface area (Å²) in [7, 11) is 0. The van der Waals surface area contributed by atoms with E-state index >= 15 is 0 Å². The van der Waals surface area contributed by atoms with Crippen molar-refractivity contribution in [3.63, 3.8) is 0 Å². The van der Waals surface area contributed by atoms with E-state index in [4.69, 9.17) is 9.84 Å². The van der Waals surface area contributed by atoms with Gasteiger partial charge < -0.3 is 9.84 Å². The van der Waals surface area contributed by atoms with Crippen molar-refractivity contribution in [2.75, 3.05) is 0 Å². The molecule has 0 radical (unpaired) electrons. The molecule has 2 aromatic rings. The van der Waals surface area contributed by atoms with Gasteiger partial charge in [-0.05, 0) is 42.2 Å². The van der Waals surface area contributed by atoms with Crippen molar-refractivity contribution in [1.29, 1.82) is 0 Å². The molecule has 3 rings (SSSR count). The van der Waals surface area contributed by atoms with Crippen LogP contribution >= 0.6 is 0 Å². The van der Waals surface area contributed by atoms with Crippen LogP contribution in [0.5, 0.6) is 5.75 Å². The van der Waals surface area contributed by atoms with E-state index in [0.29, 0.717) is 12.8 Å². The van der Waals surface area contributed by atoms with Gasteiger partial charge in [0.25, 0.3) is 0 Å². The summed E-state index contributed by atoms with van der Waals surface area (Å²) in [6.07, 6.45) is 2.18. The van der Waals surface area contributed by atoms with Crippen LogP contribution in [0.1, 0.15) is 19.3 Å². The van der Waals surface area contributed by atoms with Crippen LogP contribution < -0.4 is 4.74 Å². The molecule has 19 heavy (non-hydrogen) atoms. The fourth-order valence-corrected chi connectivity index (χ4v) is 2.70. The van der Waals surface area contributed by atoms with E-state index in [-0.39, 0.29) is 12.0 Å². The number of carbonyl (C=O) groups is 1. The van der Waals surface area contributed by atoms with Crippen molar-refractivity contribution in [3.8, 4) is 5.75 Å². The first-order chi connectivity index (χ1) is 9.22. The van der Waals surface area contributed by atoms with E-state index in [0.717, 1.165) is 17.6 Å². The van der Waals surface area contributed by atoms with Crippen LogP contribution in [0.25, 0.3) is 10.8 Å². The number of hydrogen-bond donors (Lipinski definition) is 1. The molecule has 0 amide bonds. The second-order valence-electron chi connectivity index (χ2n) is 5.10. The first-order valence-corrected chi connectivity index (χ1v) is 6.60. The van der Waals surface area contributed by atoms with Crippen LogP contribution in [0.2, 0.25) is 0 Å². The Morgan fingerprint density at radius 1 is 1.11 bits per heavy atom. The van der Waals surface area contributed by atoms with Gasteiger partial charge in [-0.2, -0.15) is 0 Å². The Morgan fingerprint density at radius 3 is 2.63 bits per heavy atom.